The lowest BCUT2D eigenvalue weighted by molar-refractivity contribution is -0.870. The van der Waals surface area contributed by atoms with E-state index in [9.17, 15) is 19.4 Å². The second-order valence-corrected chi connectivity index (χ2v) is 29.5. The lowest BCUT2D eigenvalue weighted by Crippen LogP contribution is -2.45. The van der Waals surface area contributed by atoms with E-state index in [-0.39, 0.29) is 19.1 Å². The number of likely N-dealkylation sites (N-methyl/N-ethyl adjacent to an activating group) is 1. The molecular weight excluding hydrogens is 1120 g/mol. The van der Waals surface area contributed by atoms with Gasteiger partial charge in [0.2, 0.25) is 5.91 Å². The number of quaternary nitrogens is 1. The molecule has 0 saturated heterocycles. The quantitative estimate of drug-likeness (QED) is 0.0272. The van der Waals surface area contributed by atoms with Crippen molar-refractivity contribution < 1.29 is 32.9 Å². The maximum Gasteiger partial charge on any atom is 0.268 e. The minimum atomic E-state index is -4.61. The predicted octanol–water partition coefficient (Wildman–Crippen LogP) is 24.9. The van der Waals surface area contributed by atoms with Crippen LogP contribution < -0.4 is 10.2 Å². The van der Waals surface area contributed by atoms with Gasteiger partial charge in [0.1, 0.15) is 13.2 Å². The van der Waals surface area contributed by atoms with E-state index in [0.29, 0.717) is 17.4 Å². The van der Waals surface area contributed by atoms with Crippen molar-refractivity contribution in [2.45, 2.75) is 405 Å². The van der Waals surface area contributed by atoms with Crippen molar-refractivity contribution in [2.75, 3.05) is 40.9 Å². The van der Waals surface area contributed by atoms with Gasteiger partial charge >= 0.3 is 0 Å². The van der Waals surface area contributed by atoms with Crippen molar-refractivity contribution in [1.82, 2.24) is 5.32 Å². The minimum Gasteiger partial charge on any atom is -0.756 e. The van der Waals surface area contributed by atoms with Gasteiger partial charge in [-0.15, -0.1) is 0 Å². The number of nitrogens with one attached hydrogen (secondary N) is 1. The molecule has 0 aliphatic heterocycles. The largest absolute Gasteiger partial charge is 0.756 e. The Bertz CT molecular complexity index is 1640. The monoisotopic (exact) mass is 1270 g/mol. The topological polar surface area (TPSA) is 108 Å². The Morgan fingerprint density at radius 3 is 1.00 bits per heavy atom. The molecule has 0 radical (unpaired) electrons. The van der Waals surface area contributed by atoms with Crippen LogP contribution in [-0.4, -0.2) is 68.5 Å². The van der Waals surface area contributed by atoms with Crippen molar-refractivity contribution in [3.05, 3.63) is 60.8 Å². The highest BCUT2D eigenvalue weighted by atomic mass is 31.2. The normalized spacial score (nSPS) is 13.8. The molecule has 9 heteroatoms. The summed E-state index contributed by atoms with van der Waals surface area (Å²) in [5.74, 6) is -0.189. The lowest BCUT2D eigenvalue weighted by Gasteiger charge is -2.29. The smallest absolute Gasteiger partial charge is 0.268 e. The van der Waals surface area contributed by atoms with Gasteiger partial charge in [0.25, 0.3) is 7.82 Å². The van der Waals surface area contributed by atoms with Gasteiger partial charge in [-0.2, -0.15) is 0 Å². The van der Waals surface area contributed by atoms with Crippen molar-refractivity contribution >= 4 is 13.7 Å². The summed E-state index contributed by atoms with van der Waals surface area (Å²) in [4.78, 5) is 25.7. The van der Waals surface area contributed by atoms with Gasteiger partial charge in [0.05, 0.1) is 39.9 Å². The number of aliphatic hydroxyl groups excluding tert-OH is 1. The highest BCUT2D eigenvalue weighted by molar-refractivity contribution is 7.45. The highest BCUT2D eigenvalue weighted by Crippen LogP contribution is 2.38. The molecule has 0 rings (SSSR count). The van der Waals surface area contributed by atoms with Gasteiger partial charge in [-0.25, -0.2) is 0 Å². The van der Waals surface area contributed by atoms with Crippen LogP contribution in [0.15, 0.2) is 60.8 Å². The molecule has 3 unspecified atom stereocenters. The molecule has 1 amide bonds. The number of phosphoric acid groups is 1. The van der Waals surface area contributed by atoms with Crippen LogP contribution in [0.25, 0.3) is 0 Å². The second kappa shape index (κ2) is 70.5. The van der Waals surface area contributed by atoms with E-state index in [1.807, 2.05) is 27.2 Å². The van der Waals surface area contributed by atoms with Crippen LogP contribution in [0.3, 0.4) is 0 Å². The van der Waals surface area contributed by atoms with Gasteiger partial charge < -0.3 is 28.8 Å². The van der Waals surface area contributed by atoms with Gasteiger partial charge in [-0.05, 0) is 57.8 Å². The molecule has 8 nitrogen and oxygen atoms in total. The molecule has 0 saturated carbocycles. The van der Waals surface area contributed by atoms with Crippen molar-refractivity contribution in [2.24, 2.45) is 0 Å². The van der Waals surface area contributed by atoms with E-state index in [0.717, 1.165) is 64.2 Å². The molecule has 524 valence electrons. The molecule has 2 N–H and O–H groups in total. The van der Waals surface area contributed by atoms with Gasteiger partial charge in [-0.1, -0.05) is 389 Å². The molecule has 0 spiro atoms. The zero-order chi connectivity index (χ0) is 64.8. The first kappa shape index (κ1) is 87.2. The van der Waals surface area contributed by atoms with E-state index in [1.54, 1.807) is 6.08 Å². The molecule has 0 aromatic rings. The first-order chi connectivity index (χ1) is 43.5. The Labute approximate surface area is 555 Å². The summed E-state index contributed by atoms with van der Waals surface area (Å²) in [6, 6.07) is -0.888. The maximum absolute atomic E-state index is 13.1. The van der Waals surface area contributed by atoms with Crippen LogP contribution >= 0.6 is 7.82 Å². The summed E-state index contributed by atoms with van der Waals surface area (Å²) in [7, 11) is 1.28. The van der Waals surface area contributed by atoms with Crippen LogP contribution in [-0.2, 0) is 18.4 Å². The van der Waals surface area contributed by atoms with Crippen LogP contribution in [0, 0.1) is 0 Å². The molecule has 0 heterocycles. The average molecular weight is 1270 g/mol. The number of aliphatic hydroxyl groups is 1. The van der Waals surface area contributed by atoms with E-state index in [2.05, 4.69) is 67.8 Å². The van der Waals surface area contributed by atoms with Crippen molar-refractivity contribution in [3.63, 3.8) is 0 Å². The molecular formula is C80H153N2O6P. The van der Waals surface area contributed by atoms with E-state index >= 15 is 0 Å². The molecule has 0 aliphatic rings. The Morgan fingerprint density at radius 2 is 0.685 bits per heavy atom. The van der Waals surface area contributed by atoms with E-state index in [4.69, 9.17) is 9.05 Å². The summed E-state index contributed by atoms with van der Waals surface area (Å²) in [5.41, 5.74) is 0. The molecule has 89 heavy (non-hydrogen) atoms. The first-order valence-corrected chi connectivity index (χ1v) is 40.6. The minimum absolute atomic E-state index is 0.000620. The number of carbonyl (C=O) groups excluding carboxylic acids is 1. The molecule has 0 fully saturated rings. The first-order valence-electron chi connectivity index (χ1n) is 39.2. The van der Waals surface area contributed by atoms with Crippen molar-refractivity contribution in [3.8, 4) is 0 Å². The Kier molecular flexibility index (Phi) is 69.1. The van der Waals surface area contributed by atoms with Gasteiger partial charge in [-0.3, -0.25) is 9.36 Å². The van der Waals surface area contributed by atoms with Crippen LogP contribution in [0.2, 0.25) is 0 Å². The summed E-state index contributed by atoms with van der Waals surface area (Å²) >= 11 is 0. The molecule has 3 atom stereocenters. The summed E-state index contributed by atoms with van der Waals surface area (Å²) in [5, 5.41) is 14.0. The van der Waals surface area contributed by atoms with Crippen LogP contribution in [0.1, 0.15) is 393 Å². The number of unbranched alkanes of at least 4 members (excludes halogenated alkanes) is 52. The fourth-order valence-corrected chi connectivity index (χ4v) is 12.7. The third-order valence-electron chi connectivity index (χ3n) is 18.0. The highest BCUT2D eigenvalue weighted by Gasteiger charge is 2.23. The van der Waals surface area contributed by atoms with E-state index in [1.165, 1.54) is 308 Å². The number of nitrogens with zero attached hydrogens (tertiary/aromatic N) is 1. The molecule has 0 bridgehead atoms. The Morgan fingerprint density at radius 1 is 0.404 bits per heavy atom. The summed E-state index contributed by atoms with van der Waals surface area (Å²) in [6.45, 7) is 4.60. The zero-order valence-corrected chi connectivity index (χ0v) is 61.0. The number of carbonyl (C=O) groups is 1. The number of hydrogen-bond acceptors (Lipinski definition) is 6. The van der Waals surface area contributed by atoms with Crippen LogP contribution in [0.4, 0.5) is 0 Å². The van der Waals surface area contributed by atoms with Gasteiger partial charge in [0, 0.05) is 6.42 Å². The third kappa shape index (κ3) is 73.5. The number of allylic oxidation sites excluding steroid dienone is 9. The fourth-order valence-electron chi connectivity index (χ4n) is 12.0. The van der Waals surface area contributed by atoms with E-state index < -0.39 is 20.0 Å². The Hall–Kier alpha value is -1.80. The third-order valence-corrected chi connectivity index (χ3v) is 18.9. The predicted molar refractivity (Wildman–Crippen MR) is 390 cm³/mol. The standard InChI is InChI=1S/C80H153N2O6P/c1-6-8-10-12-14-16-18-20-22-24-26-28-30-32-34-36-38-39-40-41-42-43-44-46-48-50-52-54-56-58-60-62-64-66-68-70-72-74-80(84)81-78(77-88-89(85,86)87-76-75-82(3,4)5)79(83)73-71-69-67-65-63-61-59-57-55-53-51-49-47-45-37-35-33-31-29-27-25-23-21-19-17-15-13-11-9-7-2/h8,10,14,16,20,22,26,28,71,73,78-79,83H,6-7,9,11-13,15,17-19,21,23-25,27,29-70,72,74-77H2,1-5H3,(H-,81,84,85,86)/b10-8-,16-14-,22-20-,28-26-,73-71+. The van der Waals surface area contributed by atoms with Crippen molar-refractivity contribution in [1.29, 1.82) is 0 Å². The Balaban J connectivity index is 3.95. The molecule has 0 aromatic carbocycles. The fraction of sp³-hybridized carbons (Fsp3) is 0.863. The summed E-state index contributed by atoms with van der Waals surface area (Å²) in [6.07, 6.45) is 98.1. The number of phosphoric ester groups is 1. The number of rotatable bonds is 73. The molecule has 0 aromatic heterocycles. The number of amides is 1. The summed E-state index contributed by atoms with van der Waals surface area (Å²) < 4.78 is 23.5. The second-order valence-electron chi connectivity index (χ2n) is 28.0. The maximum atomic E-state index is 13.1. The van der Waals surface area contributed by atoms with Gasteiger partial charge in [0.15, 0.2) is 0 Å². The SMILES string of the molecule is CC/C=C\C/C=C\C/C=C\C/C=C\CCCCCCCCCCCCCCCCCCCCCCCCCCC(=O)NC(COP(=O)([O-])OCC[N+](C)(C)C)C(O)/C=C/CCCCCCCCCCCCCCCCCCCCCCCCCCCCCC. The molecule has 0 aliphatic carbocycles. The van der Waals surface area contributed by atoms with Crippen LogP contribution in [0.5, 0.6) is 0 Å². The average Bonchev–Trinajstić information content (AvgIpc) is 3.57. The number of hydrogen-bond donors (Lipinski definition) is 2. The zero-order valence-electron chi connectivity index (χ0n) is 60.2. The lowest BCUT2D eigenvalue weighted by atomic mass is 10.0.